The molecule has 0 saturated heterocycles. The summed E-state index contributed by atoms with van der Waals surface area (Å²) >= 11 is 3.18. The molecule has 0 saturated carbocycles. The van der Waals surface area contributed by atoms with Crippen molar-refractivity contribution in [3.05, 3.63) is 69.4 Å². The van der Waals surface area contributed by atoms with Crippen LogP contribution < -0.4 is 0 Å². The number of aryl methyl sites for hydroxylation is 1. The molecule has 0 aliphatic carbocycles. The average molecular weight is 323 g/mol. The van der Waals surface area contributed by atoms with Gasteiger partial charge in [-0.15, -0.1) is 0 Å². The second-order valence-electron chi connectivity index (χ2n) is 4.53. The third-order valence-electron chi connectivity index (χ3n) is 3.20. The van der Waals surface area contributed by atoms with Gasteiger partial charge in [0, 0.05) is 6.42 Å². The summed E-state index contributed by atoms with van der Waals surface area (Å²) in [6, 6.07) is 12.9. The molecule has 0 aliphatic heterocycles. The molecule has 0 spiro atoms. The zero-order valence-electron chi connectivity index (χ0n) is 10.7. The SMILES string of the molecule is CCc1ccc(CC(O)c2cccc(F)c2Br)cc1. The Bertz CT molecular complexity index is 551. The van der Waals surface area contributed by atoms with E-state index in [1.165, 1.54) is 11.6 Å². The highest BCUT2D eigenvalue weighted by Crippen LogP contribution is 2.28. The van der Waals surface area contributed by atoms with Gasteiger partial charge >= 0.3 is 0 Å². The number of aliphatic hydroxyl groups is 1. The quantitative estimate of drug-likeness (QED) is 0.883. The van der Waals surface area contributed by atoms with Crippen LogP contribution in [-0.4, -0.2) is 5.11 Å². The number of aliphatic hydroxyl groups excluding tert-OH is 1. The highest BCUT2D eigenvalue weighted by Gasteiger charge is 2.14. The van der Waals surface area contributed by atoms with Crippen LogP contribution >= 0.6 is 15.9 Å². The lowest BCUT2D eigenvalue weighted by molar-refractivity contribution is 0.177. The molecule has 0 aromatic heterocycles. The van der Waals surface area contributed by atoms with E-state index < -0.39 is 6.10 Å². The average Bonchev–Trinajstić information content (AvgIpc) is 2.42. The third-order valence-corrected chi connectivity index (χ3v) is 4.04. The van der Waals surface area contributed by atoms with E-state index in [1.807, 2.05) is 12.1 Å². The summed E-state index contributed by atoms with van der Waals surface area (Å²) in [4.78, 5) is 0. The van der Waals surface area contributed by atoms with E-state index >= 15 is 0 Å². The molecule has 2 aromatic rings. The lowest BCUT2D eigenvalue weighted by Crippen LogP contribution is -2.03. The molecule has 19 heavy (non-hydrogen) atoms. The van der Waals surface area contributed by atoms with Crippen molar-refractivity contribution in [3.63, 3.8) is 0 Å². The van der Waals surface area contributed by atoms with Crippen molar-refractivity contribution in [2.45, 2.75) is 25.9 Å². The zero-order valence-corrected chi connectivity index (χ0v) is 12.3. The molecule has 0 amide bonds. The van der Waals surface area contributed by atoms with Gasteiger partial charge in [-0.05, 0) is 45.1 Å². The molecule has 0 heterocycles. The first kappa shape index (κ1) is 14.2. The molecule has 0 bridgehead atoms. The number of halogens is 2. The van der Waals surface area contributed by atoms with Gasteiger partial charge < -0.3 is 5.11 Å². The summed E-state index contributed by atoms with van der Waals surface area (Å²) < 4.78 is 13.8. The van der Waals surface area contributed by atoms with Crippen LogP contribution in [0.4, 0.5) is 4.39 Å². The van der Waals surface area contributed by atoms with Crippen LogP contribution in [0.2, 0.25) is 0 Å². The topological polar surface area (TPSA) is 20.2 Å². The minimum Gasteiger partial charge on any atom is -0.388 e. The summed E-state index contributed by atoms with van der Waals surface area (Å²) in [5, 5.41) is 10.2. The number of hydrogen-bond donors (Lipinski definition) is 1. The van der Waals surface area contributed by atoms with Gasteiger partial charge in [0.05, 0.1) is 10.6 Å². The van der Waals surface area contributed by atoms with Crippen LogP contribution in [0.1, 0.15) is 29.7 Å². The van der Waals surface area contributed by atoms with Crippen molar-refractivity contribution in [1.29, 1.82) is 0 Å². The lowest BCUT2D eigenvalue weighted by Gasteiger charge is -2.13. The van der Waals surface area contributed by atoms with Gasteiger partial charge in [-0.25, -0.2) is 4.39 Å². The van der Waals surface area contributed by atoms with E-state index in [1.54, 1.807) is 12.1 Å². The van der Waals surface area contributed by atoms with E-state index in [0.717, 1.165) is 12.0 Å². The van der Waals surface area contributed by atoms with E-state index in [0.29, 0.717) is 16.5 Å². The maximum atomic E-state index is 13.4. The van der Waals surface area contributed by atoms with Crippen molar-refractivity contribution < 1.29 is 9.50 Å². The Morgan fingerprint density at radius 1 is 1.11 bits per heavy atom. The highest BCUT2D eigenvalue weighted by molar-refractivity contribution is 9.10. The molecular weight excluding hydrogens is 307 g/mol. The van der Waals surface area contributed by atoms with Gasteiger partial charge in [0.2, 0.25) is 0 Å². The number of rotatable bonds is 4. The molecule has 3 heteroatoms. The number of benzene rings is 2. The van der Waals surface area contributed by atoms with Crippen LogP contribution in [-0.2, 0) is 12.8 Å². The Labute approximate surface area is 121 Å². The van der Waals surface area contributed by atoms with Gasteiger partial charge in [0.15, 0.2) is 0 Å². The summed E-state index contributed by atoms with van der Waals surface area (Å²) in [5.74, 6) is -0.349. The fourth-order valence-electron chi connectivity index (χ4n) is 2.02. The van der Waals surface area contributed by atoms with Crippen molar-refractivity contribution in [1.82, 2.24) is 0 Å². The molecule has 100 valence electrons. The minimum atomic E-state index is -0.711. The second-order valence-corrected chi connectivity index (χ2v) is 5.33. The number of hydrogen-bond acceptors (Lipinski definition) is 1. The molecule has 1 nitrogen and oxygen atoms in total. The third kappa shape index (κ3) is 3.43. The normalized spacial score (nSPS) is 12.4. The van der Waals surface area contributed by atoms with Crippen LogP contribution in [0.15, 0.2) is 46.9 Å². The monoisotopic (exact) mass is 322 g/mol. The Morgan fingerprint density at radius 2 is 1.74 bits per heavy atom. The lowest BCUT2D eigenvalue weighted by atomic mass is 10.00. The largest absolute Gasteiger partial charge is 0.388 e. The van der Waals surface area contributed by atoms with Crippen molar-refractivity contribution >= 4 is 15.9 Å². The molecule has 0 aliphatic rings. The van der Waals surface area contributed by atoms with Gasteiger partial charge in [-0.3, -0.25) is 0 Å². The Morgan fingerprint density at radius 3 is 2.37 bits per heavy atom. The summed E-state index contributed by atoms with van der Waals surface area (Å²) in [6.07, 6.45) is 0.766. The van der Waals surface area contributed by atoms with Gasteiger partial charge in [0.25, 0.3) is 0 Å². The van der Waals surface area contributed by atoms with Crippen molar-refractivity contribution in [2.75, 3.05) is 0 Å². The van der Waals surface area contributed by atoms with Crippen molar-refractivity contribution in [2.24, 2.45) is 0 Å². The summed E-state index contributed by atoms with van der Waals surface area (Å²) in [7, 11) is 0. The Balaban J connectivity index is 2.15. The molecule has 0 radical (unpaired) electrons. The predicted molar refractivity (Wildman–Crippen MR) is 78.6 cm³/mol. The van der Waals surface area contributed by atoms with Crippen LogP contribution in [0.3, 0.4) is 0 Å². The molecule has 0 fully saturated rings. The smallest absolute Gasteiger partial charge is 0.137 e. The molecule has 1 N–H and O–H groups in total. The summed E-state index contributed by atoms with van der Waals surface area (Å²) in [6.45, 7) is 2.10. The fourth-order valence-corrected chi connectivity index (χ4v) is 2.55. The maximum Gasteiger partial charge on any atom is 0.137 e. The van der Waals surface area contributed by atoms with Crippen molar-refractivity contribution in [3.8, 4) is 0 Å². The fraction of sp³-hybridized carbons (Fsp3) is 0.250. The molecule has 1 atom stereocenters. The highest BCUT2D eigenvalue weighted by atomic mass is 79.9. The minimum absolute atomic E-state index is 0.340. The molecule has 2 aromatic carbocycles. The molecular formula is C16H16BrFO. The maximum absolute atomic E-state index is 13.4. The van der Waals surface area contributed by atoms with Crippen LogP contribution in [0.5, 0.6) is 0 Å². The first-order valence-corrected chi connectivity index (χ1v) is 7.11. The van der Waals surface area contributed by atoms with Crippen LogP contribution in [0.25, 0.3) is 0 Å². The predicted octanol–water partition coefficient (Wildman–Crippen LogP) is 4.43. The summed E-state index contributed by atoms with van der Waals surface area (Å²) in [5.41, 5.74) is 2.89. The van der Waals surface area contributed by atoms with Gasteiger partial charge in [0.1, 0.15) is 5.82 Å². The van der Waals surface area contributed by atoms with Crippen LogP contribution in [0, 0.1) is 5.82 Å². The second kappa shape index (κ2) is 6.31. The Kier molecular flexibility index (Phi) is 4.72. The van der Waals surface area contributed by atoms with E-state index in [-0.39, 0.29) is 5.82 Å². The first-order chi connectivity index (χ1) is 9.11. The standard InChI is InChI=1S/C16H16BrFO/c1-2-11-6-8-12(9-7-11)10-15(19)13-4-3-5-14(18)16(13)17/h3-9,15,19H,2,10H2,1H3. The van der Waals surface area contributed by atoms with E-state index in [2.05, 4.69) is 35.0 Å². The zero-order chi connectivity index (χ0) is 13.8. The molecule has 1 unspecified atom stereocenters. The first-order valence-electron chi connectivity index (χ1n) is 6.31. The van der Waals surface area contributed by atoms with E-state index in [9.17, 15) is 9.50 Å². The van der Waals surface area contributed by atoms with E-state index in [4.69, 9.17) is 0 Å². The molecule has 2 rings (SSSR count). The Hall–Kier alpha value is -1.19. The van der Waals surface area contributed by atoms with Gasteiger partial charge in [-0.2, -0.15) is 0 Å². The van der Waals surface area contributed by atoms with Gasteiger partial charge in [-0.1, -0.05) is 43.3 Å².